The highest BCUT2D eigenvalue weighted by Gasteiger charge is 2.20. The highest BCUT2D eigenvalue weighted by atomic mass is 32.1. The van der Waals surface area contributed by atoms with Crippen molar-refractivity contribution in [2.24, 2.45) is 0 Å². The van der Waals surface area contributed by atoms with Gasteiger partial charge >= 0.3 is 0 Å². The van der Waals surface area contributed by atoms with Crippen LogP contribution < -0.4 is 15.5 Å². The molecule has 1 saturated heterocycles. The van der Waals surface area contributed by atoms with E-state index in [2.05, 4.69) is 86.1 Å². The largest absolute Gasteiger partial charge is 0.365 e. The fourth-order valence-corrected chi connectivity index (χ4v) is 5.12. The lowest BCUT2D eigenvalue weighted by Gasteiger charge is -2.37. The third kappa shape index (κ3) is 5.13. The Morgan fingerprint density at radius 3 is 2.54 bits per heavy atom. The zero-order valence-electron chi connectivity index (χ0n) is 20.5. The number of rotatable bonds is 7. The van der Waals surface area contributed by atoms with Crippen molar-refractivity contribution in [3.63, 3.8) is 0 Å². The van der Waals surface area contributed by atoms with Gasteiger partial charge in [0, 0.05) is 74.5 Å². The SMILES string of the molecule is C=C(Nc1cc2cc(-c3cnc(NC)s3)ccc2cn1)c1ccnc(N2CCN(C(C)C)CC2)c1. The number of hydrogen-bond donors (Lipinski definition) is 2. The van der Waals surface area contributed by atoms with Crippen molar-refractivity contribution >= 4 is 44.6 Å². The van der Waals surface area contributed by atoms with Crippen molar-refractivity contribution in [1.82, 2.24) is 19.9 Å². The number of nitrogens with zero attached hydrogens (tertiary/aromatic N) is 5. The van der Waals surface area contributed by atoms with Crippen molar-refractivity contribution in [3.05, 3.63) is 67.1 Å². The monoisotopic (exact) mass is 485 g/mol. The number of piperazine rings is 1. The lowest BCUT2D eigenvalue weighted by Crippen LogP contribution is -2.49. The average molecular weight is 486 g/mol. The summed E-state index contributed by atoms with van der Waals surface area (Å²) >= 11 is 1.64. The van der Waals surface area contributed by atoms with Crippen LogP contribution in [0.2, 0.25) is 0 Å². The Morgan fingerprint density at radius 1 is 0.971 bits per heavy atom. The normalized spacial score (nSPS) is 14.5. The van der Waals surface area contributed by atoms with Crippen LogP contribution >= 0.6 is 11.3 Å². The van der Waals surface area contributed by atoms with Crippen LogP contribution in [0.5, 0.6) is 0 Å². The van der Waals surface area contributed by atoms with Gasteiger partial charge in [0.1, 0.15) is 11.6 Å². The van der Waals surface area contributed by atoms with Gasteiger partial charge in [-0.25, -0.2) is 15.0 Å². The third-order valence-electron chi connectivity index (χ3n) is 6.47. The van der Waals surface area contributed by atoms with Gasteiger partial charge in [-0.2, -0.15) is 0 Å². The molecule has 1 aromatic carbocycles. The second-order valence-corrected chi connectivity index (χ2v) is 10.1. The first-order chi connectivity index (χ1) is 17.0. The number of nitrogens with one attached hydrogen (secondary N) is 2. The first kappa shape index (κ1) is 23.3. The molecule has 0 spiro atoms. The number of fused-ring (bicyclic) bond motifs is 1. The number of pyridine rings is 2. The van der Waals surface area contributed by atoms with E-state index in [9.17, 15) is 0 Å². The quantitative estimate of drug-likeness (QED) is 0.363. The van der Waals surface area contributed by atoms with E-state index in [0.717, 1.165) is 75.4 Å². The predicted molar refractivity (Wildman–Crippen MR) is 148 cm³/mol. The molecule has 180 valence electrons. The molecule has 2 N–H and O–H groups in total. The molecular formula is C27H31N7S. The Kier molecular flexibility index (Phi) is 6.66. The molecule has 1 aliphatic rings. The van der Waals surface area contributed by atoms with Gasteiger partial charge in [0.05, 0.1) is 4.88 Å². The third-order valence-corrected chi connectivity index (χ3v) is 7.53. The zero-order valence-corrected chi connectivity index (χ0v) is 21.3. The first-order valence-corrected chi connectivity index (χ1v) is 12.8. The van der Waals surface area contributed by atoms with Crippen LogP contribution in [0.15, 0.2) is 61.6 Å². The van der Waals surface area contributed by atoms with Gasteiger partial charge in [0.2, 0.25) is 0 Å². The summed E-state index contributed by atoms with van der Waals surface area (Å²) in [6, 6.07) is 13.1. The van der Waals surface area contributed by atoms with Crippen LogP contribution in [-0.4, -0.2) is 59.1 Å². The van der Waals surface area contributed by atoms with Gasteiger partial charge in [0.15, 0.2) is 5.13 Å². The summed E-state index contributed by atoms with van der Waals surface area (Å²) in [7, 11) is 1.89. The van der Waals surface area contributed by atoms with Gasteiger partial charge in [-0.1, -0.05) is 30.0 Å². The average Bonchev–Trinajstić information content (AvgIpc) is 3.38. The van der Waals surface area contributed by atoms with Crippen molar-refractivity contribution in [3.8, 4) is 10.4 Å². The maximum absolute atomic E-state index is 4.62. The van der Waals surface area contributed by atoms with Crippen LogP contribution in [-0.2, 0) is 0 Å². The summed E-state index contributed by atoms with van der Waals surface area (Å²) in [5.74, 6) is 1.76. The summed E-state index contributed by atoms with van der Waals surface area (Å²) in [4.78, 5) is 19.6. The van der Waals surface area contributed by atoms with E-state index in [-0.39, 0.29) is 0 Å². The van der Waals surface area contributed by atoms with Gasteiger partial charge in [-0.05, 0) is 49.1 Å². The smallest absolute Gasteiger partial charge is 0.182 e. The molecule has 1 fully saturated rings. The van der Waals surface area contributed by atoms with E-state index in [1.54, 1.807) is 11.3 Å². The summed E-state index contributed by atoms with van der Waals surface area (Å²) < 4.78 is 0. The molecule has 0 atom stereocenters. The summed E-state index contributed by atoms with van der Waals surface area (Å²) in [6.45, 7) is 12.9. The predicted octanol–water partition coefficient (Wildman–Crippen LogP) is 5.41. The second-order valence-electron chi connectivity index (χ2n) is 9.03. The summed E-state index contributed by atoms with van der Waals surface area (Å²) in [5.41, 5.74) is 2.96. The molecule has 5 rings (SSSR count). The lowest BCUT2D eigenvalue weighted by atomic mass is 10.1. The first-order valence-electron chi connectivity index (χ1n) is 12.0. The van der Waals surface area contributed by atoms with Crippen molar-refractivity contribution in [2.75, 3.05) is 48.8 Å². The van der Waals surface area contributed by atoms with E-state index >= 15 is 0 Å². The lowest BCUT2D eigenvalue weighted by molar-refractivity contribution is 0.209. The Labute approximate surface area is 210 Å². The molecule has 0 radical (unpaired) electrons. The van der Waals surface area contributed by atoms with Crippen LogP contribution in [0, 0.1) is 0 Å². The molecule has 0 unspecified atom stereocenters. The number of aromatic nitrogens is 3. The summed E-state index contributed by atoms with van der Waals surface area (Å²) in [6.07, 6.45) is 5.66. The van der Waals surface area contributed by atoms with Crippen LogP contribution in [0.3, 0.4) is 0 Å². The maximum atomic E-state index is 4.62. The molecule has 1 aliphatic heterocycles. The molecule has 0 saturated carbocycles. The Morgan fingerprint density at radius 2 is 1.80 bits per heavy atom. The molecule has 4 aromatic rings. The van der Waals surface area contributed by atoms with Crippen molar-refractivity contribution in [1.29, 1.82) is 0 Å². The molecule has 0 aliphatic carbocycles. The van der Waals surface area contributed by atoms with E-state index in [0.29, 0.717) is 6.04 Å². The van der Waals surface area contributed by atoms with E-state index in [4.69, 9.17) is 0 Å². The standard InChI is InChI=1S/C27H31N7S/c1-18(2)33-9-11-34(12-10-33)26-15-20(7-8-29-26)19(3)32-25-14-23-13-21(5-6-22(23)16-30-25)24-17-31-27(28-4)35-24/h5-8,13-18H,3,9-12H2,1-2,4H3,(H,28,31)(H,30,32). The molecule has 35 heavy (non-hydrogen) atoms. The molecule has 7 nitrogen and oxygen atoms in total. The van der Waals surface area contributed by atoms with Gasteiger partial charge in [0.25, 0.3) is 0 Å². The van der Waals surface area contributed by atoms with Gasteiger partial charge in [-0.15, -0.1) is 0 Å². The minimum Gasteiger partial charge on any atom is -0.365 e. The number of benzene rings is 1. The molecule has 8 heteroatoms. The van der Waals surface area contributed by atoms with Crippen LogP contribution in [0.4, 0.5) is 16.8 Å². The van der Waals surface area contributed by atoms with Gasteiger partial charge < -0.3 is 15.5 Å². The minimum atomic E-state index is 0.582. The van der Waals surface area contributed by atoms with E-state index < -0.39 is 0 Å². The fourth-order valence-electron chi connectivity index (χ4n) is 4.36. The Bertz CT molecular complexity index is 1340. The van der Waals surface area contributed by atoms with Gasteiger partial charge in [-0.3, -0.25) is 4.90 Å². The van der Waals surface area contributed by atoms with Crippen LogP contribution in [0.25, 0.3) is 26.9 Å². The molecular weight excluding hydrogens is 454 g/mol. The van der Waals surface area contributed by atoms with Crippen molar-refractivity contribution < 1.29 is 0 Å². The summed E-state index contributed by atoms with van der Waals surface area (Å²) in [5, 5.41) is 9.61. The Hall–Kier alpha value is -3.49. The highest BCUT2D eigenvalue weighted by molar-refractivity contribution is 7.18. The molecule has 0 amide bonds. The van der Waals surface area contributed by atoms with Crippen molar-refractivity contribution in [2.45, 2.75) is 19.9 Å². The molecule has 3 aromatic heterocycles. The molecule has 0 bridgehead atoms. The topological polar surface area (TPSA) is 69.2 Å². The minimum absolute atomic E-state index is 0.582. The fraction of sp³-hybridized carbons (Fsp3) is 0.296. The van der Waals surface area contributed by atoms with E-state index in [1.165, 1.54) is 0 Å². The van der Waals surface area contributed by atoms with E-state index in [1.807, 2.05) is 31.7 Å². The number of anilines is 3. The number of thiazole rings is 1. The van der Waals surface area contributed by atoms with Crippen LogP contribution in [0.1, 0.15) is 19.4 Å². The maximum Gasteiger partial charge on any atom is 0.182 e. The molecule has 4 heterocycles. The second kappa shape index (κ2) is 10.0. The zero-order chi connectivity index (χ0) is 24.4. The number of hydrogen-bond acceptors (Lipinski definition) is 8. The Balaban J connectivity index is 1.31. The highest BCUT2D eigenvalue weighted by Crippen LogP contribution is 2.31.